The minimum absolute atomic E-state index is 0.0682. The molecule has 0 spiro atoms. The van der Waals surface area contributed by atoms with E-state index in [-0.39, 0.29) is 16.9 Å². The summed E-state index contributed by atoms with van der Waals surface area (Å²) in [4.78, 5) is 12.3. The molecule has 0 saturated heterocycles. The summed E-state index contributed by atoms with van der Waals surface area (Å²) in [5.41, 5.74) is 3.52. The van der Waals surface area contributed by atoms with E-state index in [0.29, 0.717) is 12.2 Å². The van der Waals surface area contributed by atoms with Crippen molar-refractivity contribution in [2.45, 2.75) is 32.8 Å². The van der Waals surface area contributed by atoms with Gasteiger partial charge in [-0.2, -0.15) is 0 Å². The van der Waals surface area contributed by atoms with Gasteiger partial charge in [0.25, 0.3) is 0 Å². The molecule has 0 radical (unpaired) electrons. The highest BCUT2D eigenvalue weighted by atomic mass is 16.5. The van der Waals surface area contributed by atoms with Crippen molar-refractivity contribution in [3.8, 4) is 17.2 Å². The average molecular weight is 417 g/mol. The summed E-state index contributed by atoms with van der Waals surface area (Å²) in [7, 11) is 1.62. The van der Waals surface area contributed by atoms with Crippen LogP contribution in [0.2, 0.25) is 0 Å². The first-order valence-corrected chi connectivity index (χ1v) is 10.2. The lowest BCUT2D eigenvalue weighted by atomic mass is 9.87. The number of methoxy groups -OCH3 is 1. The Morgan fingerprint density at radius 3 is 2.39 bits per heavy atom. The molecule has 3 aromatic carbocycles. The molecule has 0 fully saturated rings. The van der Waals surface area contributed by atoms with E-state index in [1.54, 1.807) is 25.3 Å². The molecule has 0 heterocycles. The number of hydrogen-bond acceptors (Lipinski definition) is 4. The van der Waals surface area contributed by atoms with Crippen molar-refractivity contribution in [3.63, 3.8) is 0 Å². The first-order chi connectivity index (χ1) is 14.8. The van der Waals surface area contributed by atoms with Crippen LogP contribution in [-0.2, 0) is 12.0 Å². The van der Waals surface area contributed by atoms with Crippen LogP contribution in [0.3, 0.4) is 0 Å². The van der Waals surface area contributed by atoms with Crippen molar-refractivity contribution >= 4 is 11.9 Å². The third kappa shape index (κ3) is 5.98. The average Bonchev–Trinajstić information content (AvgIpc) is 2.75. The zero-order chi connectivity index (χ0) is 22.4. The zero-order valence-electron chi connectivity index (χ0n) is 18.4. The molecule has 4 heteroatoms. The van der Waals surface area contributed by atoms with Crippen LogP contribution in [0.1, 0.15) is 47.8 Å². The highest BCUT2D eigenvalue weighted by molar-refractivity contribution is 6.07. The predicted molar refractivity (Wildman–Crippen MR) is 124 cm³/mol. The molecule has 0 unspecified atom stereocenters. The normalized spacial score (nSPS) is 11.5. The van der Waals surface area contributed by atoms with Gasteiger partial charge in [0.15, 0.2) is 5.78 Å². The number of allylic oxidation sites excluding steroid dienone is 1. The quantitative estimate of drug-likeness (QED) is 0.369. The minimum Gasteiger partial charge on any atom is -0.508 e. The molecule has 0 bridgehead atoms. The van der Waals surface area contributed by atoms with Gasteiger partial charge in [-0.3, -0.25) is 4.79 Å². The van der Waals surface area contributed by atoms with Crippen LogP contribution >= 0.6 is 0 Å². The number of phenols is 1. The number of aromatic hydroxyl groups is 1. The Kier molecular flexibility index (Phi) is 6.81. The number of carbonyl (C=O) groups excluding carboxylic acids is 1. The Balaban J connectivity index is 1.72. The van der Waals surface area contributed by atoms with E-state index in [0.717, 1.165) is 22.6 Å². The van der Waals surface area contributed by atoms with Gasteiger partial charge in [-0.05, 0) is 59.0 Å². The van der Waals surface area contributed by atoms with Crippen LogP contribution < -0.4 is 9.47 Å². The Hall–Kier alpha value is -3.53. The lowest BCUT2D eigenvalue weighted by Crippen LogP contribution is -2.10. The number of hydrogen-bond donors (Lipinski definition) is 1. The highest BCUT2D eigenvalue weighted by Gasteiger charge is 2.13. The Labute approximate surface area is 183 Å². The van der Waals surface area contributed by atoms with Crippen LogP contribution in [0.4, 0.5) is 0 Å². The van der Waals surface area contributed by atoms with E-state index < -0.39 is 0 Å². The van der Waals surface area contributed by atoms with E-state index in [2.05, 4.69) is 32.9 Å². The molecule has 4 nitrogen and oxygen atoms in total. The van der Waals surface area contributed by atoms with E-state index in [1.165, 1.54) is 23.8 Å². The summed E-state index contributed by atoms with van der Waals surface area (Å²) >= 11 is 0. The summed E-state index contributed by atoms with van der Waals surface area (Å²) in [6, 6.07) is 20.1. The first-order valence-electron chi connectivity index (χ1n) is 10.2. The summed E-state index contributed by atoms with van der Waals surface area (Å²) in [6.07, 6.45) is 3.24. The molecule has 0 saturated carbocycles. The van der Waals surface area contributed by atoms with Crippen molar-refractivity contribution in [1.29, 1.82) is 0 Å². The molecule has 0 atom stereocenters. The molecule has 3 rings (SSSR count). The molecule has 31 heavy (non-hydrogen) atoms. The number of ether oxygens (including phenoxy) is 2. The first kappa shape index (κ1) is 22.2. The fraction of sp³-hybridized carbons (Fsp3) is 0.222. The smallest absolute Gasteiger partial charge is 0.185 e. The van der Waals surface area contributed by atoms with Gasteiger partial charge < -0.3 is 14.6 Å². The number of carbonyl (C=O) groups is 1. The monoisotopic (exact) mass is 416 g/mol. The SMILES string of the molecule is COc1ccc(/C=C/C(=O)c2cccc(O)c2)cc1COc1ccc(C(C)(C)C)cc1. The van der Waals surface area contributed by atoms with E-state index in [4.69, 9.17) is 9.47 Å². The van der Waals surface area contributed by atoms with Crippen molar-refractivity contribution in [2.24, 2.45) is 0 Å². The third-order valence-corrected chi connectivity index (χ3v) is 4.98. The van der Waals surface area contributed by atoms with Crippen molar-refractivity contribution < 1.29 is 19.4 Å². The fourth-order valence-electron chi connectivity index (χ4n) is 3.15. The Morgan fingerprint density at radius 2 is 1.74 bits per heavy atom. The van der Waals surface area contributed by atoms with Crippen molar-refractivity contribution in [3.05, 3.63) is 95.1 Å². The maximum absolute atomic E-state index is 12.3. The Morgan fingerprint density at radius 1 is 1.00 bits per heavy atom. The second-order valence-electron chi connectivity index (χ2n) is 8.38. The lowest BCUT2D eigenvalue weighted by molar-refractivity contribution is 0.104. The number of ketones is 1. The second-order valence-corrected chi connectivity index (χ2v) is 8.38. The molecule has 160 valence electrons. The lowest BCUT2D eigenvalue weighted by Gasteiger charge is -2.19. The van der Waals surface area contributed by atoms with Crippen LogP contribution in [0.5, 0.6) is 17.2 Å². The molecule has 0 aromatic heterocycles. The van der Waals surface area contributed by atoms with E-state index >= 15 is 0 Å². The molecule has 0 amide bonds. The summed E-state index contributed by atoms with van der Waals surface area (Å²) in [5.74, 6) is 1.40. The van der Waals surface area contributed by atoms with Gasteiger partial charge in [0.05, 0.1) is 7.11 Å². The maximum atomic E-state index is 12.3. The zero-order valence-corrected chi connectivity index (χ0v) is 18.4. The maximum Gasteiger partial charge on any atom is 0.185 e. The van der Waals surface area contributed by atoms with Crippen molar-refractivity contribution in [2.75, 3.05) is 7.11 Å². The number of benzene rings is 3. The predicted octanol–water partition coefficient (Wildman–Crippen LogP) is 6.17. The van der Waals surface area contributed by atoms with Gasteiger partial charge in [-0.1, -0.05) is 57.2 Å². The summed E-state index contributed by atoms with van der Waals surface area (Å²) in [6.45, 7) is 6.88. The molecule has 0 aliphatic carbocycles. The van der Waals surface area contributed by atoms with Gasteiger partial charge in [-0.15, -0.1) is 0 Å². The van der Waals surface area contributed by atoms with Gasteiger partial charge in [0.1, 0.15) is 23.9 Å². The number of phenolic OH excluding ortho intramolecular Hbond substituents is 1. The molecule has 0 aliphatic heterocycles. The molecule has 1 N–H and O–H groups in total. The number of rotatable bonds is 7. The van der Waals surface area contributed by atoms with Crippen LogP contribution in [0.15, 0.2) is 72.8 Å². The van der Waals surface area contributed by atoms with Gasteiger partial charge in [-0.25, -0.2) is 0 Å². The van der Waals surface area contributed by atoms with E-state index in [1.807, 2.05) is 30.3 Å². The van der Waals surface area contributed by atoms with Crippen molar-refractivity contribution in [1.82, 2.24) is 0 Å². The molecule has 3 aromatic rings. The molecule has 0 aliphatic rings. The van der Waals surface area contributed by atoms with Gasteiger partial charge in [0.2, 0.25) is 0 Å². The largest absolute Gasteiger partial charge is 0.508 e. The molecular weight excluding hydrogens is 388 g/mol. The fourth-order valence-corrected chi connectivity index (χ4v) is 3.15. The topological polar surface area (TPSA) is 55.8 Å². The third-order valence-electron chi connectivity index (χ3n) is 4.98. The molecular formula is C27H28O4. The van der Waals surface area contributed by atoms with Crippen LogP contribution in [0.25, 0.3) is 6.08 Å². The van der Waals surface area contributed by atoms with Crippen LogP contribution in [0, 0.1) is 0 Å². The highest BCUT2D eigenvalue weighted by Crippen LogP contribution is 2.26. The van der Waals surface area contributed by atoms with Gasteiger partial charge >= 0.3 is 0 Å². The van der Waals surface area contributed by atoms with Crippen LogP contribution in [-0.4, -0.2) is 18.0 Å². The summed E-state index contributed by atoms with van der Waals surface area (Å²) in [5, 5.41) is 9.54. The second kappa shape index (κ2) is 9.52. The Bertz CT molecular complexity index is 1070. The standard InChI is InChI=1S/C27H28O4/c1-27(2,3)22-10-12-24(13-11-22)31-18-21-16-19(9-15-26(21)30-4)8-14-25(29)20-6-5-7-23(28)17-20/h5-17,28H,18H2,1-4H3/b14-8+. The minimum atomic E-state index is -0.177. The van der Waals surface area contributed by atoms with Gasteiger partial charge in [0, 0.05) is 11.1 Å². The van der Waals surface area contributed by atoms with E-state index in [9.17, 15) is 9.90 Å². The summed E-state index contributed by atoms with van der Waals surface area (Å²) < 4.78 is 11.4.